The minimum absolute atomic E-state index is 0.0326. The van der Waals surface area contributed by atoms with Gasteiger partial charge in [0, 0.05) is 6.54 Å². The molecule has 0 atom stereocenters. The van der Waals surface area contributed by atoms with Crippen LogP contribution in [0.4, 0.5) is 4.39 Å². The van der Waals surface area contributed by atoms with Gasteiger partial charge in [0.15, 0.2) is 0 Å². The fourth-order valence-electron chi connectivity index (χ4n) is 1.38. The summed E-state index contributed by atoms with van der Waals surface area (Å²) < 4.78 is 17.9. The largest absolute Gasteiger partial charge is 0.496 e. The van der Waals surface area contributed by atoms with Gasteiger partial charge in [-0.2, -0.15) is 0 Å². The number of hydrogen-bond acceptors (Lipinski definition) is 2. The third kappa shape index (κ3) is 3.36. The van der Waals surface area contributed by atoms with Crippen molar-refractivity contribution in [2.45, 2.75) is 13.3 Å². The number of allylic oxidation sites excluding steroid dienone is 1. The number of ether oxygens (including phenoxy) is 1. The van der Waals surface area contributed by atoms with Crippen LogP contribution in [0.5, 0.6) is 5.75 Å². The van der Waals surface area contributed by atoms with E-state index in [2.05, 4.69) is 0 Å². The summed E-state index contributed by atoms with van der Waals surface area (Å²) in [5.41, 5.74) is 7.25. The molecule has 82 valence electrons. The first-order valence-electron chi connectivity index (χ1n) is 4.85. The molecule has 0 saturated carbocycles. The van der Waals surface area contributed by atoms with Crippen LogP contribution >= 0.6 is 0 Å². The molecule has 0 heterocycles. The van der Waals surface area contributed by atoms with Crippen LogP contribution in [-0.2, 0) is 6.42 Å². The molecule has 0 fully saturated rings. The lowest BCUT2D eigenvalue weighted by Crippen LogP contribution is -1.99. The molecule has 0 amide bonds. The summed E-state index contributed by atoms with van der Waals surface area (Å²) >= 11 is 0. The molecule has 0 spiro atoms. The Bertz CT molecular complexity index is 361. The maximum atomic E-state index is 12.8. The molecule has 3 heteroatoms. The molecule has 0 unspecified atom stereocenters. The van der Waals surface area contributed by atoms with Crippen molar-refractivity contribution in [3.8, 4) is 5.75 Å². The molecule has 0 radical (unpaired) electrons. The summed E-state index contributed by atoms with van der Waals surface area (Å²) in [7, 11) is 1.63. The number of rotatable bonds is 4. The highest BCUT2D eigenvalue weighted by Crippen LogP contribution is 2.19. The van der Waals surface area contributed by atoms with Gasteiger partial charge in [0.05, 0.1) is 7.11 Å². The Morgan fingerprint density at radius 3 is 2.80 bits per heavy atom. The van der Waals surface area contributed by atoms with Crippen molar-refractivity contribution in [1.82, 2.24) is 0 Å². The molecule has 1 aromatic rings. The smallest absolute Gasteiger partial charge is 0.121 e. The molecule has 0 aliphatic carbocycles. The Kier molecular flexibility index (Phi) is 4.31. The first-order chi connectivity index (χ1) is 7.17. The third-order valence-electron chi connectivity index (χ3n) is 2.21. The highest BCUT2D eigenvalue weighted by atomic mass is 19.1. The van der Waals surface area contributed by atoms with Crippen molar-refractivity contribution in [2.75, 3.05) is 13.7 Å². The van der Waals surface area contributed by atoms with Gasteiger partial charge in [-0.3, -0.25) is 0 Å². The van der Waals surface area contributed by atoms with Crippen LogP contribution in [0.25, 0.3) is 0 Å². The summed E-state index contributed by atoms with van der Waals surface area (Å²) in [6.07, 6.45) is 2.06. The zero-order chi connectivity index (χ0) is 11.3. The predicted octanol–water partition coefficient (Wildman–Crippen LogP) is 2.36. The lowest BCUT2D eigenvalue weighted by molar-refractivity contribution is 0.411. The maximum Gasteiger partial charge on any atom is 0.121 e. The molecular formula is C12H16FNO. The highest BCUT2D eigenvalue weighted by Gasteiger charge is 1.99. The number of hydrogen-bond donors (Lipinski definition) is 1. The minimum atomic E-state index is -0.275. The Morgan fingerprint density at radius 1 is 1.53 bits per heavy atom. The second kappa shape index (κ2) is 5.51. The average Bonchev–Trinajstić information content (AvgIpc) is 2.26. The van der Waals surface area contributed by atoms with E-state index in [-0.39, 0.29) is 12.4 Å². The normalized spacial score (nSPS) is 11.6. The van der Waals surface area contributed by atoms with Crippen molar-refractivity contribution in [3.63, 3.8) is 0 Å². The van der Waals surface area contributed by atoms with E-state index in [1.165, 1.54) is 6.08 Å². The molecule has 0 aromatic heterocycles. The van der Waals surface area contributed by atoms with Crippen LogP contribution < -0.4 is 10.5 Å². The van der Waals surface area contributed by atoms with E-state index >= 15 is 0 Å². The number of benzene rings is 1. The van der Waals surface area contributed by atoms with Crippen LogP contribution in [-0.4, -0.2) is 13.7 Å². The van der Waals surface area contributed by atoms with E-state index in [1.807, 2.05) is 25.1 Å². The van der Waals surface area contributed by atoms with Crippen molar-refractivity contribution < 1.29 is 9.13 Å². The molecule has 2 N–H and O–H groups in total. The maximum absolute atomic E-state index is 12.8. The zero-order valence-electron chi connectivity index (χ0n) is 9.09. The Labute approximate surface area is 89.6 Å². The molecule has 1 rings (SSSR count). The van der Waals surface area contributed by atoms with Crippen LogP contribution in [0.15, 0.2) is 30.1 Å². The second-order valence-electron chi connectivity index (χ2n) is 3.36. The quantitative estimate of drug-likeness (QED) is 0.826. The van der Waals surface area contributed by atoms with Crippen molar-refractivity contribution in [3.05, 3.63) is 41.2 Å². The topological polar surface area (TPSA) is 35.2 Å². The van der Waals surface area contributed by atoms with Gasteiger partial charge in [0.25, 0.3) is 0 Å². The monoisotopic (exact) mass is 209 g/mol. The van der Waals surface area contributed by atoms with Gasteiger partial charge in [0.1, 0.15) is 11.6 Å². The van der Waals surface area contributed by atoms with E-state index in [0.717, 1.165) is 16.9 Å². The van der Waals surface area contributed by atoms with Gasteiger partial charge in [-0.15, -0.1) is 0 Å². The summed E-state index contributed by atoms with van der Waals surface area (Å²) in [4.78, 5) is 0. The number of nitrogens with two attached hydrogens (primary N) is 1. The molecule has 0 saturated heterocycles. The molecule has 1 aromatic carbocycles. The molecule has 0 aliphatic rings. The first kappa shape index (κ1) is 11.7. The van der Waals surface area contributed by atoms with Gasteiger partial charge >= 0.3 is 0 Å². The Balaban J connectivity index is 2.76. The van der Waals surface area contributed by atoms with Crippen LogP contribution in [0.1, 0.15) is 11.1 Å². The van der Waals surface area contributed by atoms with Crippen LogP contribution in [0.2, 0.25) is 0 Å². The zero-order valence-corrected chi connectivity index (χ0v) is 9.09. The lowest BCUT2D eigenvalue weighted by Gasteiger charge is -2.05. The number of aryl methyl sites for hydroxylation is 1. The van der Waals surface area contributed by atoms with E-state index < -0.39 is 0 Å². The summed E-state index contributed by atoms with van der Waals surface area (Å²) in [5, 5.41) is 0. The predicted molar refractivity (Wildman–Crippen MR) is 59.7 cm³/mol. The summed E-state index contributed by atoms with van der Waals surface area (Å²) in [5.74, 6) is 0.575. The fourth-order valence-corrected chi connectivity index (χ4v) is 1.38. The van der Waals surface area contributed by atoms with Gasteiger partial charge in [0.2, 0.25) is 0 Å². The Hall–Kier alpha value is -1.35. The van der Waals surface area contributed by atoms with E-state index in [4.69, 9.17) is 10.5 Å². The van der Waals surface area contributed by atoms with Crippen molar-refractivity contribution in [1.29, 1.82) is 0 Å². The Morgan fingerprint density at radius 2 is 2.27 bits per heavy atom. The SMILES string of the molecule is COc1ccc(CC=C(F)CN)cc1C. The van der Waals surface area contributed by atoms with E-state index in [0.29, 0.717) is 6.42 Å². The molecule has 15 heavy (non-hydrogen) atoms. The van der Waals surface area contributed by atoms with Crippen LogP contribution in [0, 0.1) is 6.92 Å². The van der Waals surface area contributed by atoms with Crippen molar-refractivity contribution in [2.24, 2.45) is 5.73 Å². The fraction of sp³-hybridized carbons (Fsp3) is 0.333. The highest BCUT2D eigenvalue weighted by molar-refractivity contribution is 5.36. The summed E-state index contributed by atoms with van der Waals surface area (Å²) in [6.45, 7) is 1.93. The van der Waals surface area contributed by atoms with Crippen molar-refractivity contribution >= 4 is 0 Å². The minimum Gasteiger partial charge on any atom is -0.496 e. The number of methoxy groups -OCH3 is 1. The van der Waals surface area contributed by atoms with E-state index in [1.54, 1.807) is 7.11 Å². The molecule has 0 aliphatic heterocycles. The van der Waals surface area contributed by atoms with E-state index in [9.17, 15) is 4.39 Å². The molecule has 2 nitrogen and oxygen atoms in total. The van der Waals surface area contributed by atoms with Gasteiger partial charge < -0.3 is 10.5 Å². The van der Waals surface area contributed by atoms with Gasteiger partial charge in [-0.25, -0.2) is 4.39 Å². The first-order valence-corrected chi connectivity index (χ1v) is 4.85. The average molecular weight is 209 g/mol. The standard InChI is InChI=1S/C12H16FNO/c1-9-7-10(3-5-11(13)8-14)4-6-12(9)15-2/h4-7H,3,8,14H2,1-2H3. The van der Waals surface area contributed by atoms with Gasteiger partial charge in [-0.05, 0) is 36.6 Å². The molecular weight excluding hydrogens is 193 g/mol. The summed E-state index contributed by atoms with van der Waals surface area (Å²) in [6, 6.07) is 5.80. The second-order valence-corrected chi connectivity index (χ2v) is 3.36. The lowest BCUT2D eigenvalue weighted by atomic mass is 10.1. The van der Waals surface area contributed by atoms with Crippen LogP contribution in [0.3, 0.4) is 0 Å². The molecule has 0 bridgehead atoms. The number of halogens is 1. The van der Waals surface area contributed by atoms with Gasteiger partial charge in [-0.1, -0.05) is 12.1 Å². The third-order valence-corrected chi connectivity index (χ3v) is 2.21.